The predicted molar refractivity (Wildman–Crippen MR) is 80.0 cm³/mol. The lowest BCUT2D eigenvalue weighted by Crippen LogP contribution is -2.50. The molecule has 1 aliphatic heterocycles. The van der Waals surface area contributed by atoms with Gasteiger partial charge in [0, 0.05) is 36.2 Å². The van der Waals surface area contributed by atoms with Gasteiger partial charge in [-0.3, -0.25) is 9.42 Å². The Morgan fingerprint density at radius 2 is 2.19 bits per heavy atom. The van der Waals surface area contributed by atoms with Gasteiger partial charge < -0.3 is 14.8 Å². The van der Waals surface area contributed by atoms with Crippen LogP contribution >= 0.6 is 7.82 Å². The Labute approximate surface area is 123 Å². The van der Waals surface area contributed by atoms with Crippen molar-refractivity contribution in [1.29, 1.82) is 0 Å². The van der Waals surface area contributed by atoms with E-state index in [9.17, 15) is 4.57 Å². The van der Waals surface area contributed by atoms with Gasteiger partial charge in [0.15, 0.2) is 0 Å². The Hall–Kier alpha value is -1.17. The number of para-hydroxylation sites is 1. The minimum absolute atomic E-state index is 0.0954. The molecule has 1 atom stereocenters. The number of phosphoric acid groups is 1. The molecule has 1 aliphatic rings. The highest BCUT2D eigenvalue weighted by Crippen LogP contribution is 2.37. The third-order valence-corrected chi connectivity index (χ3v) is 4.53. The van der Waals surface area contributed by atoms with E-state index < -0.39 is 7.82 Å². The molecule has 1 aromatic carbocycles. The van der Waals surface area contributed by atoms with Gasteiger partial charge in [-0.15, -0.1) is 0 Å². The molecule has 2 heterocycles. The lowest BCUT2D eigenvalue weighted by Gasteiger charge is -2.40. The molecule has 6 nitrogen and oxygen atoms in total. The molecule has 114 valence electrons. The summed E-state index contributed by atoms with van der Waals surface area (Å²) in [6, 6.07) is 8.31. The van der Waals surface area contributed by atoms with Crippen molar-refractivity contribution in [2.75, 3.05) is 19.7 Å². The number of aromatic nitrogens is 1. The van der Waals surface area contributed by atoms with Crippen molar-refractivity contribution in [3.8, 4) is 0 Å². The summed E-state index contributed by atoms with van der Waals surface area (Å²) in [6.45, 7) is 1.92. The lowest BCUT2D eigenvalue weighted by atomic mass is 10.0. The summed E-state index contributed by atoms with van der Waals surface area (Å²) in [4.78, 5) is 22.9. The summed E-state index contributed by atoms with van der Waals surface area (Å²) in [5.74, 6) is 0. The number of hydrogen-bond donors (Lipinski definition) is 3. The van der Waals surface area contributed by atoms with E-state index in [-0.39, 0.29) is 12.6 Å². The number of aromatic amines is 1. The molecule has 1 saturated heterocycles. The molecule has 0 radical (unpaired) electrons. The molecule has 0 spiro atoms. The fourth-order valence-electron chi connectivity index (χ4n) is 2.76. The maximum Gasteiger partial charge on any atom is 0.469 e. The maximum atomic E-state index is 10.7. The normalized spacial score (nSPS) is 19.8. The van der Waals surface area contributed by atoms with E-state index in [0.717, 1.165) is 31.4 Å². The van der Waals surface area contributed by atoms with Crippen LogP contribution < -0.4 is 0 Å². The van der Waals surface area contributed by atoms with Crippen molar-refractivity contribution in [2.24, 2.45) is 0 Å². The van der Waals surface area contributed by atoms with E-state index in [1.165, 1.54) is 10.9 Å². The van der Waals surface area contributed by atoms with Gasteiger partial charge in [0.05, 0.1) is 6.61 Å². The molecule has 0 amide bonds. The molecule has 3 rings (SSSR count). The van der Waals surface area contributed by atoms with Gasteiger partial charge in [0.1, 0.15) is 0 Å². The zero-order valence-electron chi connectivity index (χ0n) is 11.6. The van der Waals surface area contributed by atoms with Crippen molar-refractivity contribution in [3.63, 3.8) is 0 Å². The molecular formula is C14H19N2O4P. The third kappa shape index (κ3) is 3.54. The fraction of sp³-hybridized carbons (Fsp3) is 0.429. The molecule has 0 bridgehead atoms. The van der Waals surface area contributed by atoms with Crippen LogP contribution in [0.15, 0.2) is 30.5 Å². The maximum absolute atomic E-state index is 10.7. The second kappa shape index (κ2) is 5.91. The van der Waals surface area contributed by atoms with Gasteiger partial charge in [0.25, 0.3) is 0 Å². The van der Waals surface area contributed by atoms with Gasteiger partial charge in [-0.05, 0) is 24.5 Å². The van der Waals surface area contributed by atoms with E-state index in [1.54, 1.807) is 0 Å². The highest BCUT2D eigenvalue weighted by molar-refractivity contribution is 7.46. The quantitative estimate of drug-likeness (QED) is 0.710. The van der Waals surface area contributed by atoms with Gasteiger partial charge in [0.2, 0.25) is 0 Å². The Morgan fingerprint density at radius 1 is 1.38 bits per heavy atom. The average Bonchev–Trinajstić information content (AvgIpc) is 2.80. The number of rotatable bonds is 6. The lowest BCUT2D eigenvalue weighted by molar-refractivity contribution is 0.0408. The molecule has 1 unspecified atom stereocenters. The number of H-pyrrole nitrogens is 1. The number of fused-ring (bicyclic) bond motifs is 1. The van der Waals surface area contributed by atoms with Crippen LogP contribution in [-0.2, 0) is 15.5 Å². The first-order valence-electron chi connectivity index (χ1n) is 7.02. The minimum atomic E-state index is -4.36. The summed E-state index contributed by atoms with van der Waals surface area (Å²) in [7, 11) is -4.36. The minimum Gasteiger partial charge on any atom is -0.361 e. The Morgan fingerprint density at radius 3 is 2.90 bits per heavy atom. The zero-order chi connectivity index (χ0) is 14.9. The number of nitrogens with zero attached hydrogens (tertiary/aromatic N) is 1. The second-order valence-electron chi connectivity index (χ2n) is 5.37. The van der Waals surface area contributed by atoms with Crippen LogP contribution in [0.5, 0.6) is 0 Å². The van der Waals surface area contributed by atoms with Crippen molar-refractivity contribution >= 4 is 18.7 Å². The molecule has 1 fully saturated rings. The second-order valence-corrected chi connectivity index (χ2v) is 6.61. The van der Waals surface area contributed by atoms with Crippen LogP contribution in [0.1, 0.15) is 12.0 Å². The van der Waals surface area contributed by atoms with E-state index >= 15 is 0 Å². The number of phosphoric ester groups is 1. The molecule has 1 aromatic heterocycles. The summed E-state index contributed by atoms with van der Waals surface area (Å²) in [6.07, 6.45) is 3.87. The van der Waals surface area contributed by atoms with E-state index in [1.807, 2.05) is 18.3 Å². The van der Waals surface area contributed by atoms with Crippen molar-refractivity contribution in [2.45, 2.75) is 18.9 Å². The van der Waals surface area contributed by atoms with Crippen LogP contribution in [0.2, 0.25) is 0 Å². The SMILES string of the molecule is O=P(O)(O)OCC1CCN1CCc1c[nH]c2ccccc12. The van der Waals surface area contributed by atoms with Crippen molar-refractivity contribution in [3.05, 3.63) is 36.0 Å². The predicted octanol–water partition coefficient (Wildman–Crippen LogP) is 1.89. The Bertz CT molecular complexity index is 666. The van der Waals surface area contributed by atoms with E-state index in [2.05, 4.69) is 26.5 Å². The Balaban J connectivity index is 1.54. The fourth-order valence-corrected chi connectivity index (χ4v) is 3.13. The summed E-state index contributed by atoms with van der Waals surface area (Å²) < 4.78 is 15.3. The smallest absolute Gasteiger partial charge is 0.361 e. The number of nitrogens with one attached hydrogen (secondary N) is 1. The van der Waals surface area contributed by atoms with Crippen LogP contribution in [0, 0.1) is 0 Å². The van der Waals surface area contributed by atoms with Gasteiger partial charge in [-0.1, -0.05) is 18.2 Å². The molecule has 2 aromatic rings. The summed E-state index contributed by atoms with van der Waals surface area (Å²) >= 11 is 0. The third-order valence-electron chi connectivity index (χ3n) is 4.04. The Kier molecular flexibility index (Phi) is 4.15. The first-order chi connectivity index (χ1) is 10.0. The van der Waals surface area contributed by atoms with Crippen molar-refractivity contribution in [1.82, 2.24) is 9.88 Å². The van der Waals surface area contributed by atoms with Gasteiger partial charge >= 0.3 is 7.82 Å². The molecular weight excluding hydrogens is 291 g/mol. The monoisotopic (exact) mass is 310 g/mol. The number of hydrogen-bond acceptors (Lipinski definition) is 3. The van der Waals surface area contributed by atoms with Gasteiger partial charge in [-0.25, -0.2) is 4.57 Å². The first kappa shape index (κ1) is 14.8. The summed E-state index contributed by atoms with van der Waals surface area (Å²) in [5, 5.41) is 1.24. The number of likely N-dealkylation sites (tertiary alicyclic amines) is 1. The van der Waals surface area contributed by atoms with Crippen LogP contribution in [0.4, 0.5) is 0 Å². The number of benzene rings is 1. The highest BCUT2D eigenvalue weighted by Gasteiger charge is 2.30. The molecule has 21 heavy (non-hydrogen) atoms. The molecule has 0 aliphatic carbocycles. The van der Waals surface area contributed by atoms with Crippen LogP contribution in [0.3, 0.4) is 0 Å². The van der Waals surface area contributed by atoms with Crippen molar-refractivity contribution < 1.29 is 18.9 Å². The highest BCUT2D eigenvalue weighted by atomic mass is 31.2. The van der Waals surface area contributed by atoms with E-state index in [4.69, 9.17) is 9.79 Å². The molecule has 3 N–H and O–H groups in total. The largest absolute Gasteiger partial charge is 0.469 e. The zero-order valence-corrected chi connectivity index (χ0v) is 12.5. The molecule has 0 saturated carbocycles. The molecule has 7 heteroatoms. The first-order valence-corrected chi connectivity index (χ1v) is 8.55. The van der Waals surface area contributed by atoms with Gasteiger partial charge in [-0.2, -0.15) is 0 Å². The van der Waals surface area contributed by atoms with Crippen LogP contribution in [0.25, 0.3) is 10.9 Å². The average molecular weight is 310 g/mol. The standard InChI is InChI=1S/C14H19N2O4P/c17-21(18,19)20-10-12-6-8-16(12)7-5-11-9-15-14-4-2-1-3-13(11)14/h1-4,9,12,15H,5-8,10H2,(H2,17,18,19). The van der Waals surface area contributed by atoms with E-state index in [0.29, 0.717) is 0 Å². The summed E-state index contributed by atoms with van der Waals surface area (Å²) in [5.41, 5.74) is 2.41. The topological polar surface area (TPSA) is 85.8 Å². The van der Waals surface area contributed by atoms with Crippen LogP contribution in [-0.4, -0.2) is 45.4 Å².